The molecule has 86 valence electrons. The number of ether oxygens (including phenoxy) is 1. The van der Waals surface area contributed by atoms with Gasteiger partial charge in [-0.25, -0.2) is 0 Å². The van der Waals surface area contributed by atoms with E-state index < -0.39 is 0 Å². The molecule has 4 nitrogen and oxygen atoms in total. The number of rotatable bonds is 3. The Morgan fingerprint density at radius 1 is 1.50 bits per heavy atom. The van der Waals surface area contributed by atoms with Crippen molar-refractivity contribution in [2.45, 2.75) is 6.42 Å². The number of amides is 1. The maximum atomic E-state index is 12.0. The van der Waals surface area contributed by atoms with Crippen LogP contribution in [-0.4, -0.2) is 42.7 Å². The largest absolute Gasteiger partial charge is 0.508 e. The molecular weight excluding hydrogens is 206 g/mol. The van der Waals surface area contributed by atoms with E-state index in [1.165, 1.54) is 0 Å². The fourth-order valence-corrected chi connectivity index (χ4v) is 1.94. The normalized spacial score (nSPS) is 15.1. The zero-order valence-corrected chi connectivity index (χ0v) is 9.27. The van der Waals surface area contributed by atoms with Gasteiger partial charge in [-0.2, -0.15) is 0 Å². The molecule has 1 aromatic rings. The molecule has 1 N–H and O–H groups in total. The topological polar surface area (TPSA) is 49.8 Å². The van der Waals surface area contributed by atoms with E-state index in [2.05, 4.69) is 0 Å². The number of benzene rings is 1. The minimum absolute atomic E-state index is 0.0262. The number of nitrogens with zero attached hydrogens (tertiary/aromatic N) is 1. The van der Waals surface area contributed by atoms with Crippen molar-refractivity contribution in [2.75, 3.05) is 26.8 Å². The van der Waals surface area contributed by atoms with Crippen molar-refractivity contribution in [2.24, 2.45) is 0 Å². The van der Waals surface area contributed by atoms with Crippen molar-refractivity contribution in [1.29, 1.82) is 0 Å². The van der Waals surface area contributed by atoms with E-state index in [0.717, 1.165) is 12.0 Å². The molecule has 4 heteroatoms. The first-order valence-electron chi connectivity index (χ1n) is 5.32. The number of methoxy groups -OCH3 is 1. The van der Waals surface area contributed by atoms with Gasteiger partial charge in [0.1, 0.15) is 5.75 Å². The molecule has 0 atom stereocenters. The van der Waals surface area contributed by atoms with Crippen molar-refractivity contribution in [3.63, 3.8) is 0 Å². The summed E-state index contributed by atoms with van der Waals surface area (Å²) in [6.07, 6.45) is 0.791. The Labute approximate surface area is 94.4 Å². The van der Waals surface area contributed by atoms with Crippen LogP contribution < -0.4 is 0 Å². The lowest BCUT2D eigenvalue weighted by molar-refractivity contribution is 0.0679. The number of aromatic hydroxyl groups is 1. The van der Waals surface area contributed by atoms with Crippen LogP contribution in [0.1, 0.15) is 15.9 Å². The van der Waals surface area contributed by atoms with E-state index in [0.29, 0.717) is 25.3 Å². The predicted molar refractivity (Wildman–Crippen MR) is 59.6 cm³/mol. The highest BCUT2D eigenvalue weighted by Gasteiger charge is 2.23. The van der Waals surface area contributed by atoms with Gasteiger partial charge in [-0.3, -0.25) is 4.79 Å². The summed E-state index contributed by atoms with van der Waals surface area (Å²) in [6, 6.07) is 4.91. The Morgan fingerprint density at radius 2 is 2.31 bits per heavy atom. The second-order valence-corrected chi connectivity index (χ2v) is 3.88. The second kappa shape index (κ2) is 4.53. The Hall–Kier alpha value is -1.55. The predicted octanol–water partition coefficient (Wildman–Crippen LogP) is 1.04. The fraction of sp³-hybridized carbons (Fsp3) is 0.417. The minimum Gasteiger partial charge on any atom is -0.508 e. The van der Waals surface area contributed by atoms with Crippen LogP contribution in [0.3, 0.4) is 0 Å². The van der Waals surface area contributed by atoms with E-state index in [1.807, 2.05) is 0 Å². The van der Waals surface area contributed by atoms with Gasteiger partial charge in [0.2, 0.25) is 0 Å². The van der Waals surface area contributed by atoms with E-state index in [-0.39, 0.29) is 11.7 Å². The van der Waals surface area contributed by atoms with Crippen molar-refractivity contribution < 1.29 is 14.6 Å². The molecule has 0 unspecified atom stereocenters. The van der Waals surface area contributed by atoms with Crippen LogP contribution in [0.2, 0.25) is 0 Å². The molecule has 1 amide bonds. The first-order chi connectivity index (χ1) is 7.72. The molecule has 0 aromatic heterocycles. The van der Waals surface area contributed by atoms with Gasteiger partial charge in [0, 0.05) is 25.8 Å². The lowest BCUT2D eigenvalue weighted by Crippen LogP contribution is -2.39. The van der Waals surface area contributed by atoms with Gasteiger partial charge >= 0.3 is 0 Å². The summed E-state index contributed by atoms with van der Waals surface area (Å²) in [4.78, 5) is 13.8. The summed E-state index contributed by atoms with van der Waals surface area (Å²) in [6.45, 7) is 1.87. The molecule has 16 heavy (non-hydrogen) atoms. The van der Waals surface area contributed by atoms with Gasteiger partial charge in [-0.1, -0.05) is 0 Å². The Bertz CT molecular complexity index is 403. The van der Waals surface area contributed by atoms with Crippen molar-refractivity contribution in [3.05, 3.63) is 29.3 Å². The number of hydrogen-bond acceptors (Lipinski definition) is 3. The van der Waals surface area contributed by atoms with Crippen molar-refractivity contribution >= 4 is 5.91 Å². The minimum atomic E-state index is 0.0262. The Kier molecular flexibility index (Phi) is 3.10. The summed E-state index contributed by atoms with van der Waals surface area (Å²) < 4.78 is 4.97. The molecule has 1 heterocycles. The van der Waals surface area contributed by atoms with Gasteiger partial charge in [0.25, 0.3) is 5.91 Å². The van der Waals surface area contributed by atoms with Crippen molar-refractivity contribution in [3.8, 4) is 5.75 Å². The highest BCUT2D eigenvalue weighted by Crippen LogP contribution is 2.22. The SMILES string of the molecule is COCCN1CCc2cc(O)ccc2C1=O. The van der Waals surface area contributed by atoms with Crippen LogP contribution in [0.4, 0.5) is 0 Å². The van der Waals surface area contributed by atoms with Crippen LogP contribution >= 0.6 is 0 Å². The molecule has 0 saturated carbocycles. The summed E-state index contributed by atoms with van der Waals surface area (Å²) in [5, 5.41) is 9.34. The second-order valence-electron chi connectivity index (χ2n) is 3.88. The molecule has 0 radical (unpaired) electrons. The first kappa shape index (κ1) is 11.0. The van der Waals surface area contributed by atoms with Crippen LogP contribution in [-0.2, 0) is 11.2 Å². The molecule has 1 aliphatic rings. The zero-order chi connectivity index (χ0) is 11.5. The average Bonchev–Trinajstić information content (AvgIpc) is 2.28. The third-order valence-electron chi connectivity index (χ3n) is 2.82. The van der Waals surface area contributed by atoms with Gasteiger partial charge in [-0.15, -0.1) is 0 Å². The van der Waals surface area contributed by atoms with E-state index in [1.54, 1.807) is 30.2 Å². The molecule has 0 bridgehead atoms. The monoisotopic (exact) mass is 221 g/mol. The summed E-state index contributed by atoms with van der Waals surface area (Å²) >= 11 is 0. The number of carbonyl (C=O) groups excluding carboxylic acids is 1. The summed E-state index contributed by atoms with van der Waals surface area (Å²) in [5.74, 6) is 0.246. The summed E-state index contributed by atoms with van der Waals surface area (Å²) in [5.41, 5.74) is 1.62. The van der Waals surface area contributed by atoms with Gasteiger partial charge in [-0.05, 0) is 30.2 Å². The molecule has 0 fully saturated rings. The zero-order valence-electron chi connectivity index (χ0n) is 9.27. The van der Waals surface area contributed by atoms with E-state index >= 15 is 0 Å². The molecule has 0 aliphatic carbocycles. The Balaban J connectivity index is 2.19. The molecule has 0 saturated heterocycles. The third-order valence-corrected chi connectivity index (χ3v) is 2.82. The smallest absolute Gasteiger partial charge is 0.254 e. The van der Waals surface area contributed by atoms with Crippen LogP contribution in [0, 0.1) is 0 Å². The van der Waals surface area contributed by atoms with Crippen LogP contribution in [0.25, 0.3) is 0 Å². The maximum absolute atomic E-state index is 12.0. The standard InChI is InChI=1S/C12H15NO3/c1-16-7-6-13-5-4-9-8-10(14)2-3-11(9)12(13)15/h2-3,8,14H,4-7H2,1H3. The summed E-state index contributed by atoms with van der Waals surface area (Å²) in [7, 11) is 1.63. The van der Waals surface area contributed by atoms with Gasteiger partial charge < -0.3 is 14.7 Å². The Morgan fingerprint density at radius 3 is 3.06 bits per heavy atom. The lowest BCUT2D eigenvalue weighted by Gasteiger charge is -2.28. The average molecular weight is 221 g/mol. The third kappa shape index (κ3) is 2.02. The number of phenolic OH excluding ortho intramolecular Hbond substituents is 1. The molecule has 0 spiro atoms. The fourth-order valence-electron chi connectivity index (χ4n) is 1.94. The van der Waals surface area contributed by atoms with Gasteiger partial charge in [0.05, 0.1) is 6.61 Å². The quantitative estimate of drug-likeness (QED) is 0.829. The number of phenols is 1. The van der Waals surface area contributed by atoms with Crippen LogP contribution in [0.15, 0.2) is 18.2 Å². The molecule has 1 aromatic carbocycles. The first-order valence-corrected chi connectivity index (χ1v) is 5.32. The lowest BCUT2D eigenvalue weighted by atomic mass is 9.99. The molecule has 1 aliphatic heterocycles. The number of hydrogen-bond donors (Lipinski definition) is 1. The molecular formula is C12H15NO3. The van der Waals surface area contributed by atoms with E-state index in [4.69, 9.17) is 4.74 Å². The van der Waals surface area contributed by atoms with E-state index in [9.17, 15) is 9.90 Å². The maximum Gasteiger partial charge on any atom is 0.254 e. The molecule has 2 rings (SSSR count). The van der Waals surface area contributed by atoms with Gasteiger partial charge in [0.15, 0.2) is 0 Å². The highest BCUT2D eigenvalue weighted by atomic mass is 16.5. The highest BCUT2D eigenvalue weighted by molar-refractivity contribution is 5.96. The van der Waals surface area contributed by atoms with Crippen molar-refractivity contribution in [1.82, 2.24) is 4.90 Å². The van der Waals surface area contributed by atoms with Crippen LogP contribution in [0.5, 0.6) is 5.75 Å². The number of carbonyl (C=O) groups is 1. The number of fused-ring (bicyclic) bond motifs is 1.